The second kappa shape index (κ2) is 5.72. The molecule has 98 valence electrons. The fourth-order valence-corrected chi connectivity index (χ4v) is 1.50. The molecule has 0 saturated heterocycles. The third-order valence-electron chi connectivity index (χ3n) is 2.20. The average molecular weight is 259 g/mol. The molecule has 3 N–H and O–H groups in total. The topological polar surface area (TPSA) is 83.4 Å². The van der Waals surface area contributed by atoms with Crippen molar-refractivity contribution in [1.82, 2.24) is 0 Å². The highest BCUT2D eigenvalue weighted by atomic mass is 16.3. The first-order valence-electron chi connectivity index (χ1n) is 5.62. The highest BCUT2D eigenvalue weighted by molar-refractivity contribution is 5.99. The molecule has 1 aromatic carbocycles. The smallest absolute Gasteiger partial charge is 0.326 e. The van der Waals surface area contributed by atoms with E-state index in [0.717, 1.165) is 0 Å². The minimum absolute atomic E-state index is 0.169. The summed E-state index contributed by atoms with van der Waals surface area (Å²) in [6.07, 6.45) is 1.47. The maximum absolute atomic E-state index is 11.6. The van der Waals surface area contributed by atoms with Gasteiger partial charge in [-0.1, -0.05) is 6.07 Å². The van der Waals surface area contributed by atoms with Gasteiger partial charge in [-0.15, -0.1) is 0 Å². The lowest BCUT2D eigenvalue weighted by molar-refractivity contribution is -0.114. The van der Waals surface area contributed by atoms with Gasteiger partial charge < -0.3 is 15.1 Å². The lowest BCUT2D eigenvalue weighted by Crippen LogP contribution is -2.19. The van der Waals surface area contributed by atoms with Gasteiger partial charge in [-0.2, -0.15) is 0 Å². The van der Waals surface area contributed by atoms with Crippen molar-refractivity contribution in [1.29, 1.82) is 0 Å². The first-order valence-corrected chi connectivity index (χ1v) is 5.62. The Labute approximate surface area is 109 Å². The zero-order valence-corrected chi connectivity index (χ0v) is 10.3. The second-order valence-electron chi connectivity index (χ2n) is 3.82. The molecule has 0 aliphatic heterocycles. The van der Waals surface area contributed by atoms with Crippen LogP contribution in [0.5, 0.6) is 0 Å². The van der Waals surface area contributed by atoms with E-state index in [9.17, 15) is 9.59 Å². The van der Waals surface area contributed by atoms with E-state index in [-0.39, 0.29) is 5.91 Å². The number of rotatable bonds is 3. The minimum Gasteiger partial charge on any atom is -0.449 e. The van der Waals surface area contributed by atoms with Crippen LogP contribution in [0.1, 0.15) is 6.92 Å². The molecule has 2 rings (SSSR count). The summed E-state index contributed by atoms with van der Waals surface area (Å²) in [6.45, 7) is 1.42. The van der Waals surface area contributed by atoms with Gasteiger partial charge in [0, 0.05) is 24.4 Å². The van der Waals surface area contributed by atoms with Crippen LogP contribution in [0.2, 0.25) is 0 Å². The van der Waals surface area contributed by atoms with Crippen molar-refractivity contribution in [2.45, 2.75) is 6.92 Å². The second-order valence-corrected chi connectivity index (χ2v) is 3.82. The van der Waals surface area contributed by atoms with E-state index in [1.54, 1.807) is 36.4 Å². The number of benzene rings is 1. The molecule has 0 aliphatic carbocycles. The van der Waals surface area contributed by atoms with E-state index in [1.807, 2.05) is 0 Å². The largest absolute Gasteiger partial charge is 0.449 e. The Kier molecular flexibility index (Phi) is 3.82. The minimum atomic E-state index is -0.421. The Morgan fingerprint density at radius 3 is 2.37 bits per heavy atom. The van der Waals surface area contributed by atoms with E-state index < -0.39 is 6.03 Å². The van der Waals surface area contributed by atoms with E-state index in [0.29, 0.717) is 17.3 Å². The van der Waals surface area contributed by atoms with Crippen molar-refractivity contribution >= 4 is 29.2 Å². The van der Waals surface area contributed by atoms with E-state index >= 15 is 0 Å². The van der Waals surface area contributed by atoms with Crippen molar-refractivity contribution in [3.63, 3.8) is 0 Å². The van der Waals surface area contributed by atoms with E-state index in [2.05, 4.69) is 16.0 Å². The Morgan fingerprint density at radius 1 is 1.00 bits per heavy atom. The highest BCUT2D eigenvalue weighted by Crippen LogP contribution is 2.15. The standard InChI is InChI=1S/C13H13N3O3/c1-9(17)14-10-4-2-5-11(8-10)15-13(18)16-12-6-3-7-19-12/h2-8H,1H3,(H,14,17)(H2,15,16,18). The Bertz CT molecular complexity index is 579. The van der Waals surface area contributed by atoms with Crippen molar-refractivity contribution in [3.05, 3.63) is 42.7 Å². The molecule has 6 nitrogen and oxygen atoms in total. The summed E-state index contributed by atoms with van der Waals surface area (Å²) in [5.41, 5.74) is 1.18. The van der Waals surface area contributed by atoms with Crippen LogP contribution in [0.15, 0.2) is 47.1 Å². The molecule has 6 heteroatoms. The number of carbonyl (C=O) groups excluding carboxylic acids is 2. The molecule has 0 atom stereocenters. The van der Waals surface area contributed by atoms with Gasteiger partial charge in [0.1, 0.15) is 0 Å². The average Bonchev–Trinajstić information content (AvgIpc) is 2.81. The van der Waals surface area contributed by atoms with Crippen LogP contribution in [0.4, 0.5) is 22.1 Å². The van der Waals surface area contributed by atoms with Gasteiger partial charge in [-0.3, -0.25) is 10.1 Å². The molecule has 0 aliphatic rings. The molecule has 1 aromatic heterocycles. The van der Waals surface area contributed by atoms with Crippen LogP contribution in [-0.4, -0.2) is 11.9 Å². The van der Waals surface area contributed by atoms with Gasteiger partial charge in [-0.05, 0) is 24.3 Å². The van der Waals surface area contributed by atoms with Crippen molar-refractivity contribution in [2.24, 2.45) is 0 Å². The number of anilines is 3. The molecule has 0 radical (unpaired) electrons. The third-order valence-corrected chi connectivity index (χ3v) is 2.20. The molecule has 0 saturated carbocycles. The first-order chi connectivity index (χ1) is 9.13. The van der Waals surface area contributed by atoms with Crippen LogP contribution in [0, 0.1) is 0 Å². The zero-order valence-electron chi connectivity index (χ0n) is 10.3. The Balaban J connectivity index is 1.98. The summed E-state index contributed by atoms with van der Waals surface area (Å²) in [4.78, 5) is 22.6. The number of hydrogen-bond acceptors (Lipinski definition) is 3. The molecular weight excluding hydrogens is 246 g/mol. The predicted molar refractivity (Wildman–Crippen MR) is 72.1 cm³/mol. The maximum atomic E-state index is 11.6. The number of amides is 3. The summed E-state index contributed by atoms with van der Waals surface area (Å²) >= 11 is 0. The number of nitrogens with one attached hydrogen (secondary N) is 3. The van der Waals surface area contributed by atoms with Crippen LogP contribution in [0.3, 0.4) is 0 Å². The Hall–Kier alpha value is -2.76. The van der Waals surface area contributed by atoms with Gasteiger partial charge >= 0.3 is 6.03 Å². The molecule has 0 unspecified atom stereocenters. The zero-order chi connectivity index (χ0) is 13.7. The van der Waals surface area contributed by atoms with Gasteiger partial charge in [0.15, 0.2) is 0 Å². The van der Waals surface area contributed by atoms with Crippen LogP contribution in [-0.2, 0) is 4.79 Å². The first kappa shape index (κ1) is 12.7. The van der Waals surface area contributed by atoms with Crippen molar-refractivity contribution in [2.75, 3.05) is 16.0 Å². The molecule has 2 aromatic rings. The SMILES string of the molecule is CC(=O)Nc1cccc(NC(=O)Nc2ccco2)c1. The van der Waals surface area contributed by atoms with E-state index in [4.69, 9.17) is 4.42 Å². The highest BCUT2D eigenvalue weighted by Gasteiger charge is 2.05. The number of hydrogen-bond donors (Lipinski definition) is 3. The quantitative estimate of drug-likeness (QED) is 0.792. The molecule has 0 bridgehead atoms. The summed E-state index contributed by atoms with van der Waals surface area (Å²) in [5.74, 6) is 0.188. The van der Waals surface area contributed by atoms with Crippen molar-refractivity contribution in [3.8, 4) is 0 Å². The number of carbonyl (C=O) groups is 2. The molecule has 3 amide bonds. The molecule has 0 fully saturated rings. The van der Waals surface area contributed by atoms with Crippen LogP contribution < -0.4 is 16.0 Å². The van der Waals surface area contributed by atoms with Crippen molar-refractivity contribution < 1.29 is 14.0 Å². The number of furan rings is 1. The van der Waals surface area contributed by atoms with Gasteiger partial charge in [0.25, 0.3) is 0 Å². The van der Waals surface area contributed by atoms with Gasteiger partial charge in [-0.25, -0.2) is 4.79 Å². The normalized spacial score (nSPS) is 9.74. The molecule has 1 heterocycles. The molecular formula is C13H13N3O3. The fourth-order valence-electron chi connectivity index (χ4n) is 1.50. The predicted octanol–water partition coefficient (Wildman–Crippen LogP) is 2.88. The lowest BCUT2D eigenvalue weighted by atomic mass is 10.3. The summed E-state index contributed by atoms with van der Waals surface area (Å²) in [5, 5.41) is 7.79. The lowest BCUT2D eigenvalue weighted by Gasteiger charge is -2.07. The van der Waals surface area contributed by atoms with Gasteiger partial charge in [0.2, 0.25) is 11.8 Å². The Morgan fingerprint density at radius 2 is 1.74 bits per heavy atom. The van der Waals surface area contributed by atoms with Gasteiger partial charge in [0.05, 0.1) is 6.26 Å². The summed E-state index contributed by atoms with van der Waals surface area (Å²) in [6, 6.07) is 9.72. The number of urea groups is 1. The van der Waals surface area contributed by atoms with Crippen LogP contribution in [0.25, 0.3) is 0 Å². The third kappa shape index (κ3) is 3.88. The fraction of sp³-hybridized carbons (Fsp3) is 0.0769. The molecule has 0 spiro atoms. The summed E-state index contributed by atoms with van der Waals surface area (Å²) in [7, 11) is 0. The molecule has 19 heavy (non-hydrogen) atoms. The summed E-state index contributed by atoms with van der Waals surface area (Å²) < 4.78 is 4.99. The maximum Gasteiger partial charge on any atom is 0.326 e. The monoisotopic (exact) mass is 259 g/mol. The van der Waals surface area contributed by atoms with E-state index in [1.165, 1.54) is 13.2 Å². The van der Waals surface area contributed by atoms with Crippen LogP contribution >= 0.6 is 0 Å².